The van der Waals surface area contributed by atoms with E-state index in [9.17, 15) is 9.90 Å². The van der Waals surface area contributed by atoms with Crippen molar-refractivity contribution in [1.29, 1.82) is 0 Å². The Morgan fingerprint density at radius 2 is 2.12 bits per heavy atom. The number of carboxylic acids is 1. The minimum atomic E-state index is -1.00. The molecule has 1 rings (SSSR count). The molecule has 5 nitrogen and oxygen atoms in total. The van der Waals surface area contributed by atoms with Crippen LogP contribution in [0.5, 0.6) is 0 Å². The predicted molar refractivity (Wildman–Crippen MR) is 62.9 cm³/mol. The first-order chi connectivity index (χ1) is 8.02. The largest absolute Gasteiger partial charge is 0.478 e. The maximum atomic E-state index is 10.8. The summed E-state index contributed by atoms with van der Waals surface area (Å²) >= 11 is 0. The summed E-state index contributed by atoms with van der Waals surface area (Å²) in [5, 5.41) is 21.9. The number of furan rings is 1. The van der Waals surface area contributed by atoms with Gasteiger partial charge in [0.1, 0.15) is 11.3 Å². The van der Waals surface area contributed by atoms with Gasteiger partial charge in [0.2, 0.25) is 0 Å². The van der Waals surface area contributed by atoms with Crippen LogP contribution in [0, 0.1) is 0 Å². The van der Waals surface area contributed by atoms with Crippen molar-refractivity contribution < 1.29 is 19.4 Å². The highest BCUT2D eigenvalue weighted by Crippen LogP contribution is 2.14. The lowest BCUT2D eigenvalue weighted by atomic mass is 9.97. The van der Waals surface area contributed by atoms with Crippen LogP contribution in [-0.2, 0) is 6.54 Å². The third-order valence-corrected chi connectivity index (χ3v) is 3.03. The summed E-state index contributed by atoms with van der Waals surface area (Å²) < 4.78 is 5.08. The van der Waals surface area contributed by atoms with Crippen LogP contribution in [-0.4, -0.2) is 28.3 Å². The number of aromatic carboxylic acids is 1. The van der Waals surface area contributed by atoms with Crippen molar-refractivity contribution in [1.82, 2.24) is 5.32 Å². The molecule has 0 amide bonds. The van der Waals surface area contributed by atoms with E-state index in [-0.39, 0.29) is 5.56 Å². The normalized spacial score (nSPS) is 11.7. The Balaban J connectivity index is 2.51. The quantitative estimate of drug-likeness (QED) is 0.675. The molecule has 1 aromatic heterocycles. The molecule has 17 heavy (non-hydrogen) atoms. The van der Waals surface area contributed by atoms with E-state index in [2.05, 4.69) is 5.32 Å². The first-order valence-electron chi connectivity index (χ1n) is 5.75. The van der Waals surface area contributed by atoms with Gasteiger partial charge in [-0.1, -0.05) is 13.8 Å². The van der Waals surface area contributed by atoms with E-state index < -0.39 is 11.6 Å². The third kappa shape index (κ3) is 3.57. The minimum absolute atomic E-state index is 0.161. The average molecular weight is 241 g/mol. The lowest BCUT2D eigenvalue weighted by molar-refractivity contribution is 0.0319. The molecule has 0 aliphatic heterocycles. The van der Waals surface area contributed by atoms with Crippen molar-refractivity contribution in [2.24, 2.45) is 0 Å². The fourth-order valence-electron chi connectivity index (χ4n) is 1.58. The van der Waals surface area contributed by atoms with Crippen LogP contribution in [0.4, 0.5) is 0 Å². The smallest absolute Gasteiger partial charge is 0.339 e. The van der Waals surface area contributed by atoms with Crippen LogP contribution < -0.4 is 5.32 Å². The van der Waals surface area contributed by atoms with E-state index >= 15 is 0 Å². The zero-order valence-corrected chi connectivity index (χ0v) is 10.2. The molecule has 96 valence electrons. The van der Waals surface area contributed by atoms with E-state index in [0.29, 0.717) is 31.7 Å². The van der Waals surface area contributed by atoms with Gasteiger partial charge in [0.25, 0.3) is 0 Å². The first kappa shape index (κ1) is 13.7. The standard InChI is InChI=1S/C12H19NO4/c1-3-12(16,4-2)8-13-7-10-9(11(14)15)5-6-17-10/h5-6,13,16H,3-4,7-8H2,1-2H3,(H,14,15). The van der Waals surface area contributed by atoms with Crippen LogP contribution in [0.3, 0.4) is 0 Å². The summed E-state index contributed by atoms with van der Waals surface area (Å²) in [5.41, 5.74) is -0.579. The molecule has 0 aliphatic carbocycles. The summed E-state index contributed by atoms with van der Waals surface area (Å²) in [6.45, 7) is 4.55. The number of hydrogen-bond donors (Lipinski definition) is 3. The predicted octanol–water partition coefficient (Wildman–Crippen LogP) is 1.62. The molecule has 1 aromatic rings. The first-order valence-corrected chi connectivity index (χ1v) is 5.75. The highest BCUT2D eigenvalue weighted by Gasteiger charge is 2.22. The fourth-order valence-corrected chi connectivity index (χ4v) is 1.58. The Morgan fingerprint density at radius 3 is 2.65 bits per heavy atom. The average Bonchev–Trinajstić information content (AvgIpc) is 2.77. The molecule has 0 saturated carbocycles. The monoisotopic (exact) mass is 241 g/mol. The Hall–Kier alpha value is -1.33. The van der Waals surface area contributed by atoms with Gasteiger partial charge in [-0.05, 0) is 18.9 Å². The lowest BCUT2D eigenvalue weighted by Crippen LogP contribution is -2.39. The van der Waals surface area contributed by atoms with Gasteiger partial charge in [-0.15, -0.1) is 0 Å². The molecule has 3 N–H and O–H groups in total. The molecular weight excluding hydrogens is 222 g/mol. The summed E-state index contributed by atoms with van der Waals surface area (Å²) in [6.07, 6.45) is 2.66. The van der Waals surface area contributed by atoms with Crippen LogP contribution in [0.1, 0.15) is 42.8 Å². The zero-order valence-electron chi connectivity index (χ0n) is 10.2. The highest BCUT2D eigenvalue weighted by molar-refractivity contribution is 5.88. The molecule has 0 aliphatic rings. The van der Waals surface area contributed by atoms with Crippen LogP contribution in [0.25, 0.3) is 0 Å². The second kappa shape index (κ2) is 5.84. The van der Waals surface area contributed by atoms with E-state index in [1.165, 1.54) is 12.3 Å². The van der Waals surface area contributed by atoms with Gasteiger partial charge in [-0.25, -0.2) is 4.79 Å². The molecule has 0 atom stereocenters. The SMILES string of the molecule is CCC(O)(CC)CNCc1occc1C(=O)O. The summed E-state index contributed by atoms with van der Waals surface area (Å²) in [5.74, 6) is -0.621. The summed E-state index contributed by atoms with van der Waals surface area (Å²) in [7, 11) is 0. The van der Waals surface area contributed by atoms with E-state index in [1.54, 1.807) is 0 Å². The molecule has 0 unspecified atom stereocenters. The third-order valence-electron chi connectivity index (χ3n) is 3.03. The number of carboxylic acid groups (broad SMARTS) is 1. The molecular formula is C12H19NO4. The number of hydrogen-bond acceptors (Lipinski definition) is 4. The van der Waals surface area contributed by atoms with Crippen LogP contribution in [0.15, 0.2) is 16.7 Å². The van der Waals surface area contributed by atoms with Crippen LogP contribution in [0.2, 0.25) is 0 Å². The Labute approximate surface area is 100 Å². The van der Waals surface area contributed by atoms with E-state index in [1.807, 2.05) is 13.8 Å². The maximum Gasteiger partial charge on any atom is 0.339 e. The second-order valence-electron chi connectivity index (χ2n) is 4.10. The highest BCUT2D eigenvalue weighted by atomic mass is 16.4. The van der Waals surface area contributed by atoms with Crippen molar-refractivity contribution in [3.63, 3.8) is 0 Å². The summed E-state index contributed by atoms with van der Waals surface area (Å²) in [4.78, 5) is 10.8. The topological polar surface area (TPSA) is 82.7 Å². The number of rotatable bonds is 7. The molecule has 0 saturated heterocycles. The molecule has 0 aromatic carbocycles. The Bertz CT molecular complexity index is 368. The fraction of sp³-hybridized carbons (Fsp3) is 0.583. The number of aliphatic hydroxyl groups is 1. The van der Waals surface area contributed by atoms with Crippen molar-refractivity contribution in [3.8, 4) is 0 Å². The molecule has 0 spiro atoms. The van der Waals surface area contributed by atoms with E-state index in [4.69, 9.17) is 9.52 Å². The van der Waals surface area contributed by atoms with Gasteiger partial charge in [-0.3, -0.25) is 0 Å². The molecule has 0 radical (unpaired) electrons. The van der Waals surface area contributed by atoms with Gasteiger partial charge in [0.15, 0.2) is 0 Å². The molecule has 0 fully saturated rings. The van der Waals surface area contributed by atoms with Gasteiger partial charge >= 0.3 is 5.97 Å². The number of nitrogens with one attached hydrogen (secondary N) is 1. The number of carbonyl (C=O) groups is 1. The lowest BCUT2D eigenvalue weighted by Gasteiger charge is -2.25. The summed E-state index contributed by atoms with van der Waals surface area (Å²) in [6, 6.07) is 1.42. The Morgan fingerprint density at radius 1 is 1.47 bits per heavy atom. The van der Waals surface area contributed by atoms with Crippen molar-refractivity contribution >= 4 is 5.97 Å². The van der Waals surface area contributed by atoms with Gasteiger partial charge in [-0.2, -0.15) is 0 Å². The maximum absolute atomic E-state index is 10.8. The minimum Gasteiger partial charge on any atom is -0.478 e. The van der Waals surface area contributed by atoms with Crippen molar-refractivity contribution in [2.75, 3.05) is 6.54 Å². The Kier molecular flexibility index (Phi) is 4.72. The van der Waals surface area contributed by atoms with Crippen molar-refractivity contribution in [2.45, 2.75) is 38.8 Å². The van der Waals surface area contributed by atoms with Crippen molar-refractivity contribution in [3.05, 3.63) is 23.7 Å². The van der Waals surface area contributed by atoms with Gasteiger partial charge < -0.3 is 19.9 Å². The van der Waals surface area contributed by atoms with E-state index in [0.717, 1.165) is 0 Å². The molecule has 1 heterocycles. The zero-order chi connectivity index (χ0) is 12.9. The molecule has 5 heteroatoms. The van der Waals surface area contributed by atoms with Crippen LogP contribution >= 0.6 is 0 Å². The second-order valence-corrected chi connectivity index (χ2v) is 4.10. The van der Waals surface area contributed by atoms with Gasteiger partial charge in [0, 0.05) is 6.54 Å². The molecule has 0 bridgehead atoms. The van der Waals surface area contributed by atoms with Gasteiger partial charge in [0.05, 0.1) is 18.4 Å².